The standard InChI is InChI=1S/C13H9N3O4S/c17-15(18)11-7-5-10(6-8-11)9-14-21-13-4-2-1-3-12(13)16(19)20/h1-9H. The van der Waals surface area contributed by atoms with Crippen LogP contribution in [-0.2, 0) is 0 Å². The molecule has 0 radical (unpaired) electrons. The van der Waals surface area contributed by atoms with E-state index in [9.17, 15) is 20.2 Å². The molecule has 21 heavy (non-hydrogen) atoms. The molecule has 0 bridgehead atoms. The molecule has 0 aliphatic rings. The van der Waals surface area contributed by atoms with Crippen LogP contribution in [0.5, 0.6) is 0 Å². The summed E-state index contributed by atoms with van der Waals surface area (Å²) in [6, 6.07) is 12.1. The van der Waals surface area contributed by atoms with Crippen LogP contribution in [0.2, 0.25) is 0 Å². The van der Waals surface area contributed by atoms with Crippen molar-refractivity contribution in [3.8, 4) is 0 Å². The minimum absolute atomic E-state index is 0.00139. The Morgan fingerprint density at radius 1 is 0.952 bits per heavy atom. The summed E-state index contributed by atoms with van der Waals surface area (Å²) in [6.45, 7) is 0. The predicted molar refractivity (Wildman–Crippen MR) is 79.6 cm³/mol. The molecule has 0 unspecified atom stereocenters. The van der Waals surface area contributed by atoms with Crippen molar-refractivity contribution in [1.29, 1.82) is 0 Å². The minimum Gasteiger partial charge on any atom is -0.258 e. The van der Waals surface area contributed by atoms with Crippen LogP contribution >= 0.6 is 11.9 Å². The highest BCUT2D eigenvalue weighted by molar-refractivity contribution is 7.98. The molecule has 2 rings (SSSR count). The lowest BCUT2D eigenvalue weighted by Crippen LogP contribution is -1.89. The highest BCUT2D eigenvalue weighted by atomic mass is 32.2. The maximum atomic E-state index is 10.8. The van der Waals surface area contributed by atoms with Gasteiger partial charge in [-0.15, -0.1) is 0 Å². The van der Waals surface area contributed by atoms with E-state index in [-0.39, 0.29) is 11.4 Å². The van der Waals surface area contributed by atoms with Crippen LogP contribution < -0.4 is 0 Å². The van der Waals surface area contributed by atoms with Crippen molar-refractivity contribution < 1.29 is 9.85 Å². The van der Waals surface area contributed by atoms with Gasteiger partial charge >= 0.3 is 0 Å². The molecular formula is C13H9N3O4S. The zero-order valence-electron chi connectivity index (χ0n) is 10.6. The van der Waals surface area contributed by atoms with Crippen LogP contribution in [-0.4, -0.2) is 16.1 Å². The van der Waals surface area contributed by atoms with Gasteiger partial charge in [-0.1, -0.05) is 12.1 Å². The first kappa shape index (κ1) is 14.7. The summed E-state index contributed by atoms with van der Waals surface area (Å²) in [5.74, 6) is 0. The Balaban J connectivity index is 2.09. The molecule has 0 aliphatic carbocycles. The largest absolute Gasteiger partial charge is 0.284 e. The first-order valence-corrected chi connectivity index (χ1v) is 6.53. The molecule has 0 heterocycles. The molecule has 0 atom stereocenters. The Kier molecular flexibility index (Phi) is 4.62. The zero-order chi connectivity index (χ0) is 15.2. The lowest BCUT2D eigenvalue weighted by molar-refractivity contribution is -0.387. The molecule has 8 heteroatoms. The lowest BCUT2D eigenvalue weighted by Gasteiger charge is -1.97. The molecule has 0 N–H and O–H groups in total. The van der Waals surface area contributed by atoms with Gasteiger partial charge in [-0.25, -0.2) is 4.40 Å². The summed E-state index contributed by atoms with van der Waals surface area (Å²) in [5.41, 5.74) is 0.661. The van der Waals surface area contributed by atoms with Crippen molar-refractivity contribution in [2.45, 2.75) is 4.90 Å². The van der Waals surface area contributed by atoms with Crippen molar-refractivity contribution in [2.24, 2.45) is 4.40 Å². The summed E-state index contributed by atoms with van der Waals surface area (Å²) in [5, 5.41) is 21.3. The van der Waals surface area contributed by atoms with E-state index in [1.807, 2.05) is 0 Å². The maximum Gasteiger partial charge on any atom is 0.284 e. The highest BCUT2D eigenvalue weighted by Crippen LogP contribution is 2.29. The number of nitrogens with zero attached hydrogens (tertiary/aromatic N) is 3. The number of nitro benzene ring substituents is 2. The summed E-state index contributed by atoms with van der Waals surface area (Å²) in [6.07, 6.45) is 1.49. The van der Waals surface area contributed by atoms with Gasteiger partial charge in [0, 0.05) is 36.4 Å². The van der Waals surface area contributed by atoms with E-state index in [1.165, 1.54) is 24.4 Å². The Bertz CT molecular complexity index is 701. The molecule has 0 saturated carbocycles. The number of para-hydroxylation sites is 1. The van der Waals surface area contributed by atoms with Gasteiger partial charge in [-0.05, 0) is 23.8 Å². The second-order valence-electron chi connectivity index (χ2n) is 3.90. The number of nitro groups is 2. The molecule has 0 aromatic heterocycles. The van der Waals surface area contributed by atoms with Gasteiger partial charge in [-0.3, -0.25) is 20.2 Å². The molecule has 2 aromatic rings. The average molecular weight is 303 g/mol. The van der Waals surface area contributed by atoms with Crippen molar-refractivity contribution in [1.82, 2.24) is 0 Å². The van der Waals surface area contributed by atoms with E-state index in [1.54, 1.807) is 30.3 Å². The SMILES string of the molecule is O=[N+]([O-])c1ccc(C=NSc2ccccc2[N+](=O)[O-])cc1. The Hall–Kier alpha value is -2.74. The van der Waals surface area contributed by atoms with Gasteiger partial charge in [0.05, 0.1) is 9.85 Å². The number of hydrogen-bond donors (Lipinski definition) is 0. The van der Waals surface area contributed by atoms with Crippen molar-refractivity contribution in [2.75, 3.05) is 0 Å². The third-order valence-corrected chi connectivity index (χ3v) is 3.27. The molecule has 7 nitrogen and oxygen atoms in total. The first-order valence-electron chi connectivity index (χ1n) is 5.76. The summed E-state index contributed by atoms with van der Waals surface area (Å²) >= 11 is 0.975. The quantitative estimate of drug-likeness (QED) is 0.363. The van der Waals surface area contributed by atoms with E-state index in [2.05, 4.69) is 4.40 Å². The number of hydrogen-bond acceptors (Lipinski definition) is 6. The van der Waals surface area contributed by atoms with Crippen LogP contribution in [0.3, 0.4) is 0 Å². The molecule has 0 aliphatic heterocycles. The van der Waals surface area contributed by atoms with Gasteiger partial charge in [0.15, 0.2) is 0 Å². The molecule has 106 valence electrons. The molecule has 2 aromatic carbocycles. The number of benzene rings is 2. The fourth-order valence-electron chi connectivity index (χ4n) is 1.51. The third kappa shape index (κ3) is 3.86. The second-order valence-corrected chi connectivity index (χ2v) is 4.73. The van der Waals surface area contributed by atoms with Crippen LogP contribution in [0.1, 0.15) is 5.56 Å². The van der Waals surface area contributed by atoms with E-state index in [0.29, 0.717) is 10.5 Å². The smallest absolute Gasteiger partial charge is 0.258 e. The lowest BCUT2D eigenvalue weighted by atomic mass is 10.2. The molecule has 0 saturated heterocycles. The summed E-state index contributed by atoms with van der Waals surface area (Å²) < 4.78 is 4.05. The van der Waals surface area contributed by atoms with Gasteiger partial charge in [0.1, 0.15) is 4.90 Å². The average Bonchev–Trinajstić information content (AvgIpc) is 2.48. The Labute approximate surface area is 123 Å². The molecule has 0 spiro atoms. The minimum atomic E-state index is -0.483. The van der Waals surface area contributed by atoms with Gasteiger partial charge in [-0.2, -0.15) is 0 Å². The van der Waals surface area contributed by atoms with Crippen LogP contribution in [0.15, 0.2) is 57.8 Å². The van der Waals surface area contributed by atoms with Crippen LogP contribution in [0, 0.1) is 20.2 Å². The van der Waals surface area contributed by atoms with Crippen LogP contribution in [0.4, 0.5) is 11.4 Å². The Morgan fingerprint density at radius 2 is 1.62 bits per heavy atom. The van der Waals surface area contributed by atoms with E-state index >= 15 is 0 Å². The van der Waals surface area contributed by atoms with Gasteiger partial charge in [0.25, 0.3) is 11.4 Å². The molecule has 0 fully saturated rings. The first-order chi connectivity index (χ1) is 10.1. The summed E-state index contributed by atoms with van der Waals surface area (Å²) in [4.78, 5) is 20.8. The normalized spacial score (nSPS) is 10.7. The number of rotatable bonds is 5. The Morgan fingerprint density at radius 3 is 2.24 bits per heavy atom. The van der Waals surface area contributed by atoms with E-state index in [4.69, 9.17) is 0 Å². The second kappa shape index (κ2) is 6.62. The van der Waals surface area contributed by atoms with Crippen molar-refractivity contribution >= 4 is 29.5 Å². The van der Waals surface area contributed by atoms with E-state index < -0.39 is 9.85 Å². The van der Waals surface area contributed by atoms with E-state index in [0.717, 1.165) is 11.9 Å². The van der Waals surface area contributed by atoms with Crippen molar-refractivity contribution in [3.63, 3.8) is 0 Å². The van der Waals surface area contributed by atoms with Crippen molar-refractivity contribution in [3.05, 3.63) is 74.3 Å². The summed E-state index contributed by atoms with van der Waals surface area (Å²) in [7, 11) is 0. The molecular weight excluding hydrogens is 294 g/mol. The van der Waals surface area contributed by atoms with Gasteiger partial charge < -0.3 is 0 Å². The topological polar surface area (TPSA) is 98.6 Å². The predicted octanol–water partition coefficient (Wildman–Crippen LogP) is 3.63. The van der Waals surface area contributed by atoms with Crippen LogP contribution in [0.25, 0.3) is 0 Å². The fourth-order valence-corrected chi connectivity index (χ4v) is 2.17. The highest BCUT2D eigenvalue weighted by Gasteiger charge is 2.12. The number of non-ortho nitro benzene ring substituents is 1. The third-order valence-electron chi connectivity index (χ3n) is 2.52. The zero-order valence-corrected chi connectivity index (χ0v) is 11.4. The maximum absolute atomic E-state index is 10.8. The molecule has 0 amide bonds. The fraction of sp³-hybridized carbons (Fsp3) is 0. The monoisotopic (exact) mass is 303 g/mol. The van der Waals surface area contributed by atoms with Gasteiger partial charge in [0.2, 0.25) is 0 Å².